The van der Waals surface area contributed by atoms with Gasteiger partial charge in [-0.1, -0.05) is 41.9 Å². The van der Waals surface area contributed by atoms with Gasteiger partial charge in [-0.15, -0.1) is 0 Å². The highest BCUT2D eigenvalue weighted by atomic mass is 35.5. The summed E-state index contributed by atoms with van der Waals surface area (Å²) in [6.45, 7) is 1.25. The summed E-state index contributed by atoms with van der Waals surface area (Å²) >= 11 is 5.82. The van der Waals surface area contributed by atoms with Crippen LogP contribution in [0.5, 0.6) is 0 Å². The van der Waals surface area contributed by atoms with Crippen LogP contribution in [0.1, 0.15) is 11.1 Å². The molecule has 0 aliphatic rings. The first-order valence-electron chi connectivity index (χ1n) is 6.34. The zero-order chi connectivity index (χ0) is 14.4. The minimum absolute atomic E-state index is 0.159. The van der Waals surface area contributed by atoms with Gasteiger partial charge < -0.3 is 5.32 Å². The Morgan fingerprint density at radius 1 is 1.10 bits per heavy atom. The Balaban J connectivity index is 1.84. The lowest BCUT2D eigenvalue weighted by molar-refractivity contribution is -0.385. The number of nitro groups is 1. The van der Waals surface area contributed by atoms with Crippen LogP contribution in [-0.4, -0.2) is 11.5 Å². The lowest BCUT2D eigenvalue weighted by Gasteiger charge is -2.06. The van der Waals surface area contributed by atoms with Crippen LogP contribution in [-0.2, 0) is 13.0 Å². The summed E-state index contributed by atoms with van der Waals surface area (Å²) in [4.78, 5) is 10.5. The fraction of sp³-hybridized carbons (Fsp3) is 0.200. The van der Waals surface area contributed by atoms with Crippen LogP contribution >= 0.6 is 11.6 Å². The normalized spacial score (nSPS) is 10.4. The molecule has 0 unspecified atom stereocenters. The van der Waals surface area contributed by atoms with E-state index in [2.05, 4.69) is 5.32 Å². The first kappa shape index (κ1) is 14.5. The first-order valence-corrected chi connectivity index (χ1v) is 6.72. The van der Waals surface area contributed by atoms with Gasteiger partial charge in [0.1, 0.15) is 0 Å². The Morgan fingerprint density at radius 3 is 2.50 bits per heavy atom. The van der Waals surface area contributed by atoms with Crippen molar-refractivity contribution >= 4 is 17.3 Å². The molecule has 0 spiro atoms. The number of nitrogens with zero attached hydrogens (tertiary/aromatic N) is 1. The van der Waals surface area contributed by atoms with Crippen LogP contribution in [0.25, 0.3) is 0 Å². The van der Waals surface area contributed by atoms with E-state index in [9.17, 15) is 10.1 Å². The van der Waals surface area contributed by atoms with E-state index in [1.54, 1.807) is 12.1 Å². The number of nitro benzene ring substituents is 1. The molecule has 0 saturated heterocycles. The summed E-state index contributed by atoms with van der Waals surface area (Å²) in [5.41, 5.74) is 2.05. The highest BCUT2D eigenvalue weighted by Gasteiger charge is 2.11. The Hall–Kier alpha value is -1.91. The molecular formula is C15H15ClN2O2. The Morgan fingerprint density at radius 2 is 1.80 bits per heavy atom. The largest absolute Gasteiger partial charge is 0.312 e. The minimum atomic E-state index is -0.351. The maximum absolute atomic E-state index is 10.9. The van der Waals surface area contributed by atoms with Crippen LogP contribution in [0.4, 0.5) is 5.69 Å². The molecule has 0 bridgehead atoms. The molecule has 0 fully saturated rings. The van der Waals surface area contributed by atoms with Gasteiger partial charge in [-0.3, -0.25) is 10.1 Å². The highest BCUT2D eigenvalue weighted by Crippen LogP contribution is 2.17. The molecular weight excluding hydrogens is 276 g/mol. The van der Waals surface area contributed by atoms with Crippen molar-refractivity contribution in [2.24, 2.45) is 0 Å². The average Bonchev–Trinajstić information content (AvgIpc) is 2.46. The Kier molecular flexibility index (Phi) is 5.09. The van der Waals surface area contributed by atoms with Crippen molar-refractivity contribution in [3.8, 4) is 0 Å². The SMILES string of the molecule is O=[N+]([O-])c1ccccc1CNCCc1ccc(Cl)cc1. The smallest absolute Gasteiger partial charge is 0.273 e. The number of para-hydroxylation sites is 1. The molecule has 2 aromatic rings. The van der Waals surface area contributed by atoms with E-state index in [0.717, 1.165) is 18.0 Å². The first-order chi connectivity index (χ1) is 9.66. The molecule has 0 aromatic heterocycles. The van der Waals surface area contributed by atoms with Gasteiger partial charge in [0.15, 0.2) is 0 Å². The molecule has 0 atom stereocenters. The number of hydrogen-bond acceptors (Lipinski definition) is 3. The molecule has 0 heterocycles. The Bertz CT molecular complexity index is 585. The molecule has 4 nitrogen and oxygen atoms in total. The quantitative estimate of drug-likeness (QED) is 0.502. The van der Waals surface area contributed by atoms with E-state index >= 15 is 0 Å². The Labute approximate surface area is 122 Å². The zero-order valence-corrected chi connectivity index (χ0v) is 11.6. The predicted octanol–water partition coefficient (Wildman–Crippen LogP) is 3.58. The van der Waals surface area contributed by atoms with Gasteiger partial charge in [-0.25, -0.2) is 0 Å². The molecule has 0 amide bonds. The van der Waals surface area contributed by atoms with E-state index in [0.29, 0.717) is 12.1 Å². The average molecular weight is 291 g/mol. The molecule has 0 aliphatic heterocycles. The van der Waals surface area contributed by atoms with Gasteiger partial charge in [0.05, 0.1) is 4.92 Å². The molecule has 1 N–H and O–H groups in total. The summed E-state index contributed by atoms with van der Waals surface area (Å²) in [5, 5.41) is 14.8. The van der Waals surface area contributed by atoms with Crippen molar-refractivity contribution in [2.45, 2.75) is 13.0 Å². The molecule has 0 saturated carbocycles. The van der Waals surface area contributed by atoms with E-state index in [-0.39, 0.29) is 10.6 Å². The summed E-state index contributed by atoms with van der Waals surface area (Å²) < 4.78 is 0. The second kappa shape index (κ2) is 7.03. The maximum atomic E-state index is 10.9. The molecule has 0 aliphatic carbocycles. The summed E-state index contributed by atoms with van der Waals surface area (Å²) in [5.74, 6) is 0. The van der Waals surface area contributed by atoms with Gasteiger partial charge >= 0.3 is 0 Å². The molecule has 0 radical (unpaired) electrons. The van der Waals surface area contributed by atoms with Crippen molar-refractivity contribution in [1.29, 1.82) is 0 Å². The van der Waals surface area contributed by atoms with Crippen LogP contribution in [0, 0.1) is 10.1 Å². The topological polar surface area (TPSA) is 55.2 Å². The fourth-order valence-corrected chi connectivity index (χ4v) is 2.07. The summed E-state index contributed by atoms with van der Waals surface area (Å²) in [7, 11) is 0. The van der Waals surface area contributed by atoms with Crippen molar-refractivity contribution < 1.29 is 4.92 Å². The van der Waals surface area contributed by atoms with Gasteiger partial charge in [0, 0.05) is 23.2 Å². The number of rotatable bonds is 6. The summed E-state index contributed by atoms with van der Waals surface area (Å²) in [6, 6.07) is 14.5. The number of benzene rings is 2. The second-order valence-electron chi connectivity index (χ2n) is 4.44. The predicted molar refractivity (Wildman–Crippen MR) is 80.0 cm³/mol. The lowest BCUT2D eigenvalue weighted by Crippen LogP contribution is -2.17. The third-order valence-electron chi connectivity index (χ3n) is 3.01. The van der Waals surface area contributed by atoms with Gasteiger partial charge in [-0.05, 0) is 30.7 Å². The molecule has 104 valence electrons. The third kappa shape index (κ3) is 4.05. The minimum Gasteiger partial charge on any atom is -0.312 e. The van der Waals surface area contributed by atoms with Crippen molar-refractivity contribution in [2.75, 3.05) is 6.54 Å². The van der Waals surface area contributed by atoms with E-state index in [1.807, 2.05) is 30.3 Å². The monoisotopic (exact) mass is 290 g/mol. The molecule has 2 aromatic carbocycles. The molecule has 20 heavy (non-hydrogen) atoms. The third-order valence-corrected chi connectivity index (χ3v) is 3.26. The van der Waals surface area contributed by atoms with Crippen LogP contribution in [0.15, 0.2) is 48.5 Å². The van der Waals surface area contributed by atoms with Crippen molar-refractivity contribution in [1.82, 2.24) is 5.32 Å². The van der Waals surface area contributed by atoms with Crippen LogP contribution in [0.3, 0.4) is 0 Å². The highest BCUT2D eigenvalue weighted by molar-refractivity contribution is 6.30. The number of hydrogen-bond donors (Lipinski definition) is 1. The maximum Gasteiger partial charge on any atom is 0.273 e. The van der Waals surface area contributed by atoms with Gasteiger partial charge in [0.25, 0.3) is 5.69 Å². The fourth-order valence-electron chi connectivity index (χ4n) is 1.95. The van der Waals surface area contributed by atoms with Gasteiger partial charge in [-0.2, -0.15) is 0 Å². The standard InChI is InChI=1S/C15H15ClN2O2/c16-14-7-5-12(6-8-14)9-10-17-11-13-3-1-2-4-15(13)18(19)20/h1-8,17H,9-11H2. The molecule has 5 heteroatoms. The van der Waals surface area contributed by atoms with Crippen LogP contribution in [0.2, 0.25) is 5.02 Å². The summed E-state index contributed by atoms with van der Waals surface area (Å²) in [6.07, 6.45) is 0.859. The van der Waals surface area contributed by atoms with Crippen molar-refractivity contribution in [3.05, 3.63) is 74.8 Å². The van der Waals surface area contributed by atoms with Gasteiger partial charge in [0.2, 0.25) is 0 Å². The second-order valence-corrected chi connectivity index (χ2v) is 4.88. The number of nitrogens with one attached hydrogen (secondary N) is 1. The van der Waals surface area contributed by atoms with Crippen LogP contribution < -0.4 is 5.32 Å². The lowest BCUT2D eigenvalue weighted by atomic mass is 10.1. The van der Waals surface area contributed by atoms with E-state index in [4.69, 9.17) is 11.6 Å². The molecule has 2 rings (SSSR count). The van der Waals surface area contributed by atoms with E-state index in [1.165, 1.54) is 11.6 Å². The van der Waals surface area contributed by atoms with Crippen molar-refractivity contribution in [3.63, 3.8) is 0 Å². The number of halogens is 1. The zero-order valence-electron chi connectivity index (χ0n) is 10.9. The van der Waals surface area contributed by atoms with E-state index < -0.39 is 0 Å².